The third-order valence-corrected chi connectivity index (χ3v) is 2.59. The van der Waals surface area contributed by atoms with Crippen LogP contribution in [0.3, 0.4) is 0 Å². The Balaban J connectivity index is 2.63. The highest BCUT2D eigenvalue weighted by molar-refractivity contribution is 7.99. The summed E-state index contributed by atoms with van der Waals surface area (Å²) in [6.07, 6.45) is 0.851. The first-order valence-electron chi connectivity index (χ1n) is 4.61. The minimum absolute atomic E-state index is 0.315. The number of esters is 1. The van der Waals surface area contributed by atoms with E-state index in [4.69, 9.17) is 4.74 Å². The number of carbonyl (C=O) groups excluding carboxylic acids is 2. The summed E-state index contributed by atoms with van der Waals surface area (Å²) in [5, 5.41) is 0. The zero-order valence-electron chi connectivity index (χ0n) is 8.43. The predicted octanol–water partition coefficient (Wildman–Crippen LogP) is 2.15. The first-order valence-corrected chi connectivity index (χ1v) is 5.60. The molecule has 0 amide bonds. The average Bonchev–Trinajstić information content (AvgIpc) is 2.27. The van der Waals surface area contributed by atoms with Crippen molar-refractivity contribution in [2.24, 2.45) is 0 Å². The molecule has 0 heterocycles. The van der Waals surface area contributed by atoms with E-state index in [-0.39, 0.29) is 5.97 Å². The number of benzene rings is 1. The first-order chi connectivity index (χ1) is 7.27. The Morgan fingerprint density at radius 3 is 2.60 bits per heavy atom. The van der Waals surface area contributed by atoms with E-state index < -0.39 is 0 Å². The lowest BCUT2D eigenvalue weighted by Gasteiger charge is -2.02. The van der Waals surface area contributed by atoms with Crippen LogP contribution >= 0.6 is 11.8 Å². The summed E-state index contributed by atoms with van der Waals surface area (Å²) >= 11 is 1.43. The van der Waals surface area contributed by atoms with E-state index in [1.807, 2.05) is 0 Å². The van der Waals surface area contributed by atoms with Gasteiger partial charge in [-0.25, -0.2) is 4.79 Å². The van der Waals surface area contributed by atoms with Gasteiger partial charge < -0.3 is 9.53 Å². The molecule has 0 bridgehead atoms. The lowest BCUT2D eigenvalue weighted by Crippen LogP contribution is -2.03. The molecule has 0 aliphatic heterocycles. The predicted molar refractivity (Wildman–Crippen MR) is 59.2 cm³/mol. The Morgan fingerprint density at radius 2 is 2.07 bits per heavy atom. The van der Waals surface area contributed by atoms with Gasteiger partial charge in [0.15, 0.2) is 0 Å². The third-order valence-electron chi connectivity index (χ3n) is 1.68. The second-order valence-electron chi connectivity index (χ2n) is 2.72. The summed E-state index contributed by atoms with van der Waals surface area (Å²) in [6, 6.07) is 7.01. The molecule has 0 aliphatic carbocycles. The Kier molecular flexibility index (Phi) is 4.90. The van der Waals surface area contributed by atoms with Crippen molar-refractivity contribution >= 4 is 24.0 Å². The Labute approximate surface area is 92.8 Å². The summed E-state index contributed by atoms with van der Waals surface area (Å²) in [6.45, 7) is 2.15. The second-order valence-corrected chi connectivity index (χ2v) is 3.82. The molecular formula is C11H12O3S. The molecule has 0 aromatic heterocycles. The van der Waals surface area contributed by atoms with Crippen molar-refractivity contribution in [3.63, 3.8) is 0 Å². The molecule has 0 fully saturated rings. The van der Waals surface area contributed by atoms with E-state index >= 15 is 0 Å². The Hall–Kier alpha value is -1.29. The molecule has 0 aliphatic rings. The number of aldehydes is 1. The molecule has 80 valence electrons. The van der Waals surface area contributed by atoms with Crippen LogP contribution in [-0.2, 0) is 9.53 Å². The summed E-state index contributed by atoms with van der Waals surface area (Å²) in [5.41, 5.74) is 0.535. The van der Waals surface area contributed by atoms with Crippen LogP contribution < -0.4 is 0 Å². The Bertz CT molecular complexity index is 332. The molecule has 0 spiro atoms. The van der Waals surface area contributed by atoms with E-state index in [9.17, 15) is 9.59 Å². The zero-order valence-corrected chi connectivity index (χ0v) is 9.25. The normalized spacial score (nSPS) is 9.67. The maximum absolute atomic E-state index is 11.3. The number of rotatable bonds is 5. The second kappa shape index (κ2) is 6.24. The van der Waals surface area contributed by atoms with Gasteiger partial charge in [0, 0.05) is 4.90 Å². The number of carbonyl (C=O) groups is 2. The van der Waals surface area contributed by atoms with Gasteiger partial charge in [-0.3, -0.25) is 0 Å². The number of thioether (sulfide) groups is 1. The topological polar surface area (TPSA) is 43.4 Å². The molecule has 0 saturated carbocycles. The van der Waals surface area contributed by atoms with Gasteiger partial charge in [-0.15, -0.1) is 11.8 Å². The fraction of sp³-hybridized carbons (Fsp3) is 0.273. The van der Waals surface area contributed by atoms with Gasteiger partial charge in [0.25, 0.3) is 0 Å². The molecule has 4 heteroatoms. The van der Waals surface area contributed by atoms with Gasteiger partial charge in [0.2, 0.25) is 0 Å². The number of hydrogen-bond donors (Lipinski definition) is 0. The minimum atomic E-state index is -0.315. The van der Waals surface area contributed by atoms with E-state index in [0.717, 1.165) is 11.2 Å². The van der Waals surface area contributed by atoms with E-state index in [0.29, 0.717) is 17.9 Å². The quantitative estimate of drug-likeness (QED) is 0.436. The molecule has 0 unspecified atom stereocenters. The first kappa shape index (κ1) is 11.8. The summed E-state index contributed by atoms with van der Waals surface area (Å²) in [4.78, 5) is 22.4. The molecule has 1 rings (SSSR count). The molecule has 0 atom stereocenters. The fourth-order valence-corrected chi connectivity index (χ4v) is 1.62. The van der Waals surface area contributed by atoms with Gasteiger partial charge in [0.1, 0.15) is 6.29 Å². The highest BCUT2D eigenvalue weighted by Crippen LogP contribution is 2.17. The van der Waals surface area contributed by atoms with E-state index in [1.54, 1.807) is 31.2 Å². The highest BCUT2D eigenvalue weighted by Gasteiger charge is 2.05. The molecule has 3 nitrogen and oxygen atoms in total. The molecule has 1 aromatic rings. The van der Waals surface area contributed by atoms with Crippen LogP contribution in [0.2, 0.25) is 0 Å². The zero-order chi connectivity index (χ0) is 11.1. The molecule has 15 heavy (non-hydrogen) atoms. The van der Waals surface area contributed by atoms with Crippen LogP contribution in [0.1, 0.15) is 17.3 Å². The smallest absolute Gasteiger partial charge is 0.338 e. The molecular weight excluding hydrogens is 212 g/mol. The summed E-state index contributed by atoms with van der Waals surface area (Å²) in [7, 11) is 0. The van der Waals surface area contributed by atoms with E-state index in [1.165, 1.54) is 11.8 Å². The van der Waals surface area contributed by atoms with Crippen LogP contribution in [0.25, 0.3) is 0 Å². The standard InChI is InChI=1S/C11H12O3S/c1-2-14-11(13)9-3-5-10(6-4-9)15-8-7-12/h3-7H,2,8H2,1H3. The van der Waals surface area contributed by atoms with Crippen LogP contribution in [0, 0.1) is 0 Å². The molecule has 0 radical (unpaired) electrons. The molecule has 0 N–H and O–H groups in total. The maximum Gasteiger partial charge on any atom is 0.338 e. The molecule has 0 saturated heterocycles. The number of hydrogen-bond acceptors (Lipinski definition) is 4. The largest absolute Gasteiger partial charge is 0.462 e. The summed E-state index contributed by atoms with van der Waals surface area (Å²) < 4.78 is 4.85. The van der Waals surface area contributed by atoms with Crippen molar-refractivity contribution in [3.05, 3.63) is 29.8 Å². The van der Waals surface area contributed by atoms with Crippen molar-refractivity contribution in [3.8, 4) is 0 Å². The van der Waals surface area contributed by atoms with Gasteiger partial charge >= 0.3 is 5.97 Å². The van der Waals surface area contributed by atoms with Crippen molar-refractivity contribution in [1.29, 1.82) is 0 Å². The van der Waals surface area contributed by atoms with Crippen LogP contribution in [0.4, 0.5) is 0 Å². The van der Waals surface area contributed by atoms with Gasteiger partial charge in [-0.1, -0.05) is 0 Å². The van der Waals surface area contributed by atoms with E-state index in [2.05, 4.69) is 0 Å². The van der Waals surface area contributed by atoms with Crippen LogP contribution in [-0.4, -0.2) is 24.6 Å². The van der Waals surface area contributed by atoms with Gasteiger partial charge in [-0.2, -0.15) is 0 Å². The lowest BCUT2D eigenvalue weighted by molar-refractivity contribution is -0.105. The molecule has 1 aromatic carbocycles. The average molecular weight is 224 g/mol. The maximum atomic E-state index is 11.3. The van der Waals surface area contributed by atoms with Crippen LogP contribution in [0.5, 0.6) is 0 Å². The Morgan fingerprint density at radius 1 is 1.40 bits per heavy atom. The minimum Gasteiger partial charge on any atom is -0.462 e. The van der Waals surface area contributed by atoms with Crippen LogP contribution in [0.15, 0.2) is 29.2 Å². The SMILES string of the molecule is CCOC(=O)c1ccc(SCC=O)cc1. The van der Waals surface area contributed by atoms with Gasteiger partial charge in [0.05, 0.1) is 17.9 Å². The van der Waals surface area contributed by atoms with Crippen molar-refractivity contribution in [2.75, 3.05) is 12.4 Å². The van der Waals surface area contributed by atoms with Gasteiger partial charge in [-0.05, 0) is 31.2 Å². The fourth-order valence-electron chi connectivity index (χ4n) is 1.03. The van der Waals surface area contributed by atoms with Crippen molar-refractivity contribution < 1.29 is 14.3 Å². The monoisotopic (exact) mass is 224 g/mol. The lowest BCUT2D eigenvalue weighted by atomic mass is 10.2. The third kappa shape index (κ3) is 3.75. The number of ether oxygens (including phenoxy) is 1. The van der Waals surface area contributed by atoms with Crippen molar-refractivity contribution in [1.82, 2.24) is 0 Å². The van der Waals surface area contributed by atoms with Crippen molar-refractivity contribution in [2.45, 2.75) is 11.8 Å². The highest BCUT2D eigenvalue weighted by atomic mass is 32.2. The summed E-state index contributed by atoms with van der Waals surface area (Å²) in [5.74, 6) is 0.114.